The lowest BCUT2D eigenvalue weighted by Crippen LogP contribution is -2.43. The third kappa shape index (κ3) is 6.11. The van der Waals surface area contributed by atoms with Crippen molar-refractivity contribution in [2.24, 2.45) is 7.05 Å². The fraction of sp³-hybridized carbons (Fsp3) is 0.182. The van der Waals surface area contributed by atoms with Crippen LogP contribution in [0.4, 0.5) is 5.69 Å². The zero-order valence-corrected chi connectivity index (χ0v) is 16.7. The van der Waals surface area contributed by atoms with E-state index in [9.17, 15) is 19.5 Å². The molecule has 0 bridgehead atoms. The SMILES string of the molecule is C=C/C=C\C(=C)C[C@H](CO)NC(=O)C(=O)Nc1ccc(C(=O)c2nccn2C)cc1. The predicted molar refractivity (Wildman–Crippen MR) is 114 cm³/mol. The second-order valence-corrected chi connectivity index (χ2v) is 6.53. The highest BCUT2D eigenvalue weighted by Crippen LogP contribution is 2.13. The number of hydrogen-bond acceptors (Lipinski definition) is 5. The number of aromatic nitrogens is 2. The Labute approximate surface area is 174 Å². The third-order valence-corrected chi connectivity index (χ3v) is 4.17. The average Bonchev–Trinajstić information content (AvgIpc) is 3.17. The van der Waals surface area contributed by atoms with Crippen LogP contribution in [0.5, 0.6) is 0 Å². The van der Waals surface area contributed by atoms with Crippen LogP contribution in [0.3, 0.4) is 0 Å². The summed E-state index contributed by atoms with van der Waals surface area (Å²) < 4.78 is 1.61. The number of hydrogen-bond donors (Lipinski definition) is 3. The number of aliphatic hydroxyl groups is 1. The molecule has 1 aromatic carbocycles. The molecule has 2 amide bonds. The van der Waals surface area contributed by atoms with E-state index in [2.05, 4.69) is 28.8 Å². The standard InChI is InChI=1S/C22H24N4O4/c1-4-5-6-15(2)13-18(14-27)25-22(30)21(29)24-17-9-7-16(8-10-17)19(28)20-23-11-12-26(20)3/h4-12,18,27H,1-2,13-14H2,3H3,(H,24,29)(H,25,30)/b6-5-/t18-/m1/s1. The number of anilines is 1. The first kappa shape index (κ1) is 22.5. The van der Waals surface area contributed by atoms with Crippen molar-refractivity contribution in [1.29, 1.82) is 0 Å². The molecule has 30 heavy (non-hydrogen) atoms. The zero-order valence-electron chi connectivity index (χ0n) is 16.7. The van der Waals surface area contributed by atoms with E-state index in [1.807, 2.05) is 0 Å². The summed E-state index contributed by atoms with van der Waals surface area (Å²) in [5, 5.41) is 14.3. The van der Waals surface area contributed by atoms with E-state index >= 15 is 0 Å². The summed E-state index contributed by atoms with van der Waals surface area (Å²) in [7, 11) is 1.72. The molecule has 0 aliphatic rings. The minimum absolute atomic E-state index is 0.255. The van der Waals surface area contributed by atoms with Crippen LogP contribution in [0.25, 0.3) is 0 Å². The van der Waals surface area contributed by atoms with Crippen LogP contribution < -0.4 is 10.6 Å². The van der Waals surface area contributed by atoms with Crippen molar-refractivity contribution in [2.75, 3.05) is 11.9 Å². The van der Waals surface area contributed by atoms with Gasteiger partial charge in [-0.2, -0.15) is 0 Å². The van der Waals surface area contributed by atoms with Crippen molar-refractivity contribution in [1.82, 2.24) is 14.9 Å². The van der Waals surface area contributed by atoms with Gasteiger partial charge >= 0.3 is 11.8 Å². The van der Waals surface area contributed by atoms with Gasteiger partial charge in [0.15, 0.2) is 5.82 Å². The number of benzene rings is 1. The molecule has 1 heterocycles. The smallest absolute Gasteiger partial charge is 0.313 e. The first-order valence-electron chi connectivity index (χ1n) is 9.17. The number of aliphatic hydroxyl groups excluding tert-OH is 1. The monoisotopic (exact) mass is 408 g/mol. The van der Waals surface area contributed by atoms with E-state index in [-0.39, 0.29) is 18.8 Å². The van der Waals surface area contributed by atoms with Crippen molar-refractivity contribution < 1.29 is 19.5 Å². The maximum Gasteiger partial charge on any atom is 0.313 e. The van der Waals surface area contributed by atoms with Crippen molar-refractivity contribution >= 4 is 23.3 Å². The number of imidazole rings is 1. The van der Waals surface area contributed by atoms with Crippen molar-refractivity contribution in [2.45, 2.75) is 12.5 Å². The third-order valence-electron chi connectivity index (χ3n) is 4.17. The molecule has 0 unspecified atom stereocenters. The molecular weight excluding hydrogens is 384 g/mol. The first-order chi connectivity index (χ1) is 14.3. The van der Waals surface area contributed by atoms with Gasteiger partial charge in [-0.25, -0.2) is 4.98 Å². The minimum Gasteiger partial charge on any atom is -0.394 e. The molecule has 2 aromatic rings. The fourth-order valence-electron chi connectivity index (χ4n) is 2.61. The normalized spacial score (nSPS) is 11.7. The predicted octanol–water partition coefficient (Wildman–Crippen LogP) is 1.76. The number of nitrogens with zero attached hydrogens (tertiary/aromatic N) is 2. The molecule has 0 aliphatic heterocycles. The van der Waals surface area contributed by atoms with Crippen molar-refractivity contribution in [3.05, 3.63) is 85.0 Å². The highest BCUT2D eigenvalue weighted by molar-refractivity contribution is 6.39. The summed E-state index contributed by atoms with van der Waals surface area (Å²) in [5.74, 6) is -1.73. The Bertz CT molecular complexity index is 973. The Hall–Kier alpha value is -3.78. The molecule has 0 fully saturated rings. The molecule has 3 N–H and O–H groups in total. The average molecular weight is 408 g/mol. The molecule has 1 aromatic heterocycles. The van der Waals surface area contributed by atoms with Gasteiger partial charge in [0.25, 0.3) is 0 Å². The number of amides is 2. The first-order valence-corrected chi connectivity index (χ1v) is 9.17. The summed E-state index contributed by atoms with van der Waals surface area (Å²) >= 11 is 0. The number of ketones is 1. The number of allylic oxidation sites excluding steroid dienone is 3. The Morgan fingerprint density at radius 1 is 1.23 bits per heavy atom. The molecule has 0 aliphatic carbocycles. The molecule has 0 saturated carbocycles. The van der Waals surface area contributed by atoms with Gasteiger partial charge in [-0.3, -0.25) is 14.4 Å². The molecule has 1 atom stereocenters. The highest BCUT2D eigenvalue weighted by atomic mass is 16.3. The van der Waals surface area contributed by atoms with Crippen LogP contribution in [0.1, 0.15) is 22.6 Å². The maximum absolute atomic E-state index is 12.4. The summed E-state index contributed by atoms with van der Waals surface area (Å²) in [4.78, 5) is 40.7. The lowest BCUT2D eigenvalue weighted by molar-refractivity contribution is -0.136. The molecule has 8 nitrogen and oxygen atoms in total. The van der Waals surface area contributed by atoms with E-state index in [0.29, 0.717) is 22.6 Å². The van der Waals surface area contributed by atoms with Gasteiger partial charge in [0, 0.05) is 30.7 Å². The zero-order chi connectivity index (χ0) is 22.1. The number of nitrogens with one attached hydrogen (secondary N) is 2. The molecular formula is C22H24N4O4. The summed E-state index contributed by atoms with van der Waals surface area (Å²) in [5.41, 5.74) is 1.42. The van der Waals surface area contributed by atoms with Crippen LogP contribution in [-0.2, 0) is 16.6 Å². The number of aryl methyl sites for hydroxylation is 1. The Balaban J connectivity index is 1.94. The van der Waals surface area contributed by atoms with Gasteiger partial charge in [-0.1, -0.05) is 37.0 Å². The van der Waals surface area contributed by atoms with Gasteiger partial charge in [0.05, 0.1) is 12.6 Å². The Morgan fingerprint density at radius 3 is 2.50 bits per heavy atom. The van der Waals surface area contributed by atoms with Crippen LogP contribution >= 0.6 is 0 Å². The van der Waals surface area contributed by atoms with E-state index < -0.39 is 17.9 Å². The maximum atomic E-state index is 12.4. The van der Waals surface area contributed by atoms with Gasteiger partial charge in [0.1, 0.15) is 0 Å². The van der Waals surface area contributed by atoms with Crippen LogP contribution in [0.15, 0.2) is 73.6 Å². The van der Waals surface area contributed by atoms with Gasteiger partial charge in [-0.05, 0) is 30.7 Å². The summed E-state index contributed by atoms with van der Waals surface area (Å²) in [6.07, 6.45) is 8.46. The number of carbonyl (C=O) groups is 3. The number of rotatable bonds is 9. The van der Waals surface area contributed by atoms with Gasteiger partial charge < -0.3 is 20.3 Å². The summed E-state index contributed by atoms with van der Waals surface area (Å²) in [6, 6.07) is 5.47. The van der Waals surface area contributed by atoms with Crippen molar-refractivity contribution in [3.63, 3.8) is 0 Å². The lowest BCUT2D eigenvalue weighted by Gasteiger charge is -2.16. The molecule has 8 heteroatoms. The number of carbonyl (C=O) groups excluding carboxylic acids is 3. The fourth-order valence-corrected chi connectivity index (χ4v) is 2.61. The van der Waals surface area contributed by atoms with E-state index in [4.69, 9.17) is 0 Å². The Kier molecular flexibility index (Phi) is 8.01. The largest absolute Gasteiger partial charge is 0.394 e. The molecule has 156 valence electrons. The highest BCUT2D eigenvalue weighted by Gasteiger charge is 2.19. The van der Waals surface area contributed by atoms with E-state index in [1.54, 1.807) is 36.0 Å². The van der Waals surface area contributed by atoms with Crippen molar-refractivity contribution in [3.8, 4) is 0 Å². The quantitative estimate of drug-likeness (QED) is 0.332. The topological polar surface area (TPSA) is 113 Å². The molecule has 0 radical (unpaired) electrons. The molecule has 2 rings (SSSR count). The van der Waals surface area contributed by atoms with Crippen LogP contribution in [-0.4, -0.2) is 44.9 Å². The second-order valence-electron chi connectivity index (χ2n) is 6.53. The van der Waals surface area contributed by atoms with E-state index in [1.165, 1.54) is 30.5 Å². The Morgan fingerprint density at radius 2 is 1.93 bits per heavy atom. The lowest BCUT2D eigenvalue weighted by atomic mass is 10.1. The van der Waals surface area contributed by atoms with Crippen LogP contribution in [0.2, 0.25) is 0 Å². The summed E-state index contributed by atoms with van der Waals surface area (Å²) in [6.45, 7) is 7.02. The minimum atomic E-state index is -0.886. The second kappa shape index (κ2) is 10.7. The van der Waals surface area contributed by atoms with E-state index in [0.717, 1.165) is 0 Å². The molecule has 0 spiro atoms. The van der Waals surface area contributed by atoms with Crippen LogP contribution in [0, 0.1) is 0 Å². The molecule has 0 saturated heterocycles. The van der Waals surface area contributed by atoms with Gasteiger partial charge in [0.2, 0.25) is 5.78 Å². The van der Waals surface area contributed by atoms with Gasteiger partial charge in [-0.15, -0.1) is 0 Å².